The van der Waals surface area contributed by atoms with E-state index < -0.39 is 5.97 Å². The van der Waals surface area contributed by atoms with Gasteiger partial charge in [0.25, 0.3) is 0 Å². The monoisotopic (exact) mass is 263 g/mol. The summed E-state index contributed by atoms with van der Waals surface area (Å²) in [5.74, 6) is 4.64. The normalized spacial score (nSPS) is 20.9. The number of amides is 1. The number of cyclic esters (lactones) is 1. The van der Waals surface area contributed by atoms with Crippen LogP contribution in [0.4, 0.5) is 4.79 Å². The van der Waals surface area contributed by atoms with Gasteiger partial charge in [-0.3, -0.25) is 4.90 Å². The summed E-state index contributed by atoms with van der Waals surface area (Å²) in [4.78, 5) is 24.2. The Morgan fingerprint density at radius 1 is 1.63 bits per heavy atom. The Labute approximate surface area is 112 Å². The van der Waals surface area contributed by atoms with Crippen molar-refractivity contribution in [2.45, 2.75) is 38.1 Å². The largest absolute Gasteiger partial charge is 0.459 e. The van der Waals surface area contributed by atoms with Gasteiger partial charge in [-0.15, -0.1) is 0 Å². The molecule has 1 fully saturated rings. The van der Waals surface area contributed by atoms with E-state index in [9.17, 15) is 9.59 Å². The third-order valence-corrected chi connectivity index (χ3v) is 3.26. The summed E-state index contributed by atoms with van der Waals surface area (Å²) in [5, 5.41) is 0. The zero-order chi connectivity index (χ0) is 13.7. The van der Waals surface area contributed by atoms with Gasteiger partial charge in [0.05, 0.1) is 13.2 Å². The Balaban J connectivity index is 1.82. The molecular weight excluding hydrogens is 246 g/mol. The highest BCUT2D eigenvalue weighted by Crippen LogP contribution is 2.29. The smallest absolute Gasteiger partial charge is 0.414 e. The minimum Gasteiger partial charge on any atom is -0.459 e. The molecule has 0 radical (unpaired) electrons. The number of hydrogen-bond acceptors (Lipinski definition) is 4. The number of unbranched alkanes of at least 4 members (excludes halogenated alkanes) is 1. The highest BCUT2D eigenvalue weighted by molar-refractivity contribution is 5.88. The lowest BCUT2D eigenvalue weighted by atomic mass is 10.0. The van der Waals surface area contributed by atoms with E-state index >= 15 is 0 Å². The fourth-order valence-electron chi connectivity index (χ4n) is 2.33. The maximum absolute atomic E-state index is 11.6. The standard InChI is InChI=1S/C14H17NO4/c1-18-13(16)9-4-2-3-6-11-7-5-8-12-10-19-14(17)15(11)12/h7,12H,2-3,5-6,8,10H2,1H3/t12-/m0/s1. The zero-order valence-electron chi connectivity index (χ0n) is 11.0. The molecule has 0 spiro atoms. The van der Waals surface area contributed by atoms with Crippen LogP contribution < -0.4 is 0 Å². The second kappa shape index (κ2) is 6.28. The van der Waals surface area contributed by atoms with Crippen molar-refractivity contribution in [1.29, 1.82) is 0 Å². The van der Waals surface area contributed by atoms with Crippen molar-refractivity contribution >= 4 is 12.1 Å². The summed E-state index contributed by atoms with van der Waals surface area (Å²) < 4.78 is 9.48. The first-order valence-electron chi connectivity index (χ1n) is 6.44. The first-order chi connectivity index (χ1) is 9.22. The van der Waals surface area contributed by atoms with E-state index in [1.807, 2.05) is 0 Å². The summed E-state index contributed by atoms with van der Waals surface area (Å²) in [7, 11) is 1.31. The quantitative estimate of drug-likeness (QED) is 0.337. The molecule has 19 heavy (non-hydrogen) atoms. The first-order valence-corrected chi connectivity index (χ1v) is 6.44. The summed E-state index contributed by atoms with van der Waals surface area (Å²) in [6.07, 6.45) is 6.01. The first kappa shape index (κ1) is 13.5. The molecule has 2 aliphatic rings. The van der Waals surface area contributed by atoms with Crippen LogP contribution in [0, 0.1) is 11.8 Å². The molecule has 0 bridgehead atoms. The highest BCUT2D eigenvalue weighted by atomic mass is 16.6. The van der Waals surface area contributed by atoms with E-state index in [-0.39, 0.29) is 12.1 Å². The fraction of sp³-hybridized carbons (Fsp3) is 0.571. The Hall–Kier alpha value is -1.96. The Morgan fingerprint density at radius 3 is 3.26 bits per heavy atom. The second-order valence-electron chi connectivity index (χ2n) is 4.52. The van der Waals surface area contributed by atoms with Gasteiger partial charge in [-0.25, -0.2) is 9.59 Å². The van der Waals surface area contributed by atoms with E-state index in [4.69, 9.17) is 4.74 Å². The Bertz CT molecular complexity index is 458. The molecule has 102 valence electrons. The molecule has 1 amide bonds. The predicted octanol–water partition coefficient (Wildman–Crippen LogP) is 1.83. The molecule has 5 heteroatoms. The SMILES string of the molecule is COC(=O)C#CCCCC1=CCC[C@H]2COC(=O)N12. The maximum atomic E-state index is 11.6. The molecule has 0 aliphatic carbocycles. The van der Waals surface area contributed by atoms with Crippen LogP contribution in [0.5, 0.6) is 0 Å². The van der Waals surface area contributed by atoms with Crippen LogP contribution in [-0.4, -0.2) is 36.7 Å². The molecule has 0 unspecified atom stereocenters. The van der Waals surface area contributed by atoms with Gasteiger partial charge in [-0.2, -0.15) is 0 Å². The van der Waals surface area contributed by atoms with E-state index in [1.54, 1.807) is 4.90 Å². The van der Waals surface area contributed by atoms with Crippen molar-refractivity contribution in [3.8, 4) is 11.8 Å². The molecule has 2 heterocycles. The maximum Gasteiger partial charge on any atom is 0.414 e. The zero-order valence-corrected chi connectivity index (χ0v) is 11.0. The third-order valence-electron chi connectivity index (χ3n) is 3.26. The molecule has 1 saturated heterocycles. The number of hydrogen-bond donors (Lipinski definition) is 0. The van der Waals surface area contributed by atoms with E-state index in [0.29, 0.717) is 13.0 Å². The van der Waals surface area contributed by atoms with Crippen molar-refractivity contribution in [3.63, 3.8) is 0 Å². The van der Waals surface area contributed by atoms with Crippen molar-refractivity contribution < 1.29 is 19.1 Å². The van der Waals surface area contributed by atoms with Gasteiger partial charge in [-0.1, -0.05) is 12.0 Å². The van der Waals surface area contributed by atoms with Gasteiger partial charge in [0, 0.05) is 18.0 Å². The summed E-state index contributed by atoms with van der Waals surface area (Å²) in [5.41, 5.74) is 1.03. The molecule has 2 aliphatic heterocycles. The Kier molecular flexibility index (Phi) is 4.45. The van der Waals surface area contributed by atoms with Crippen LogP contribution >= 0.6 is 0 Å². The second-order valence-corrected chi connectivity index (χ2v) is 4.52. The summed E-state index contributed by atoms with van der Waals surface area (Å²) >= 11 is 0. The van der Waals surface area contributed by atoms with E-state index in [2.05, 4.69) is 22.7 Å². The van der Waals surface area contributed by atoms with Gasteiger partial charge >= 0.3 is 12.1 Å². The molecule has 0 aromatic carbocycles. The molecular formula is C14H17NO4. The number of rotatable bonds is 3. The van der Waals surface area contributed by atoms with Gasteiger partial charge in [-0.05, 0) is 25.7 Å². The topological polar surface area (TPSA) is 55.8 Å². The number of methoxy groups -OCH3 is 1. The van der Waals surface area contributed by atoms with Crippen LogP contribution in [0.1, 0.15) is 32.1 Å². The van der Waals surface area contributed by atoms with Crippen molar-refractivity contribution in [1.82, 2.24) is 4.90 Å². The molecule has 2 rings (SSSR count). The van der Waals surface area contributed by atoms with Gasteiger partial charge in [0.15, 0.2) is 0 Å². The van der Waals surface area contributed by atoms with Crippen molar-refractivity contribution in [2.75, 3.05) is 13.7 Å². The number of fused-ring (bicyclic) bond motifs is 1. The molecule has 0 N–H and O–H groups in total. The third kappa shape index (κ3) is 3.28. The molecule has 0 aromatic rings. The summed E-state index contributed by atoms with van der Waals surface area (Å²) in [6.45, 7) is 0.498. The fourth-order valence-corrected chi connectivity index (χ4v) is 2.33. The molecule has 5 nitrogen and oxygen atoms in total. The number of esters is 1. The summed E-state index contributed by atoms with van der Waals surface area (Å²) in [6, 6.07) is 0.202. The van der Waals surface area contributed by atoms with E-state index in [1.165, 1.54) is 7.11 Å². The van der Waals surface area contributed by atoms with Crippen LogP contribution in [0.25, 0.3) is 0 Å². The molecule has 1 atom stereocenters. The van der Waals surface area contributed by atoms with Crippen LogP contribution in [0.3, 0.4) is 0 Å². The molecule has 0 aromatic heterocycles. The average Bonchev–Trinajstić information content (AvgIpc) is 2.81. The number of nitrogens with zero attached hydrogens (tertiary/aromatic N) is 1. The lowest BCUT2D eigenvalue weighted by Crippen LogP contribution is -2.35. The van der Waals surface area contributed by atoms with Gasteiger partial charge < -0.3 is 9.47 Å². The number of carbonyl (C=O) groups is 2. The van der Waals surface area contributed by atoms with Crippen molar-refractivity contribution in [2.24, 2.45) is 0 Å². The Morgan fingerprint density at radius 2 is 2.47 bits per heavy atom. The minimum atomic E-state index is -0.514. The minimum absolute atomic E-state index is 0.202. The lowest BCUT2D eigenvalue weighted by molar-refractivity contribution is -0.133. The average molecular weight is 263 g/mol. The van der Waals surface area contributed by atoms with Crippen LogP contribution in [-0.2, 0) is 14.3 Å². The van der Waals surface area contributed by atoms with Crippen LogP contribution in [0.2, 0.25) is 0 Å². The molecule has 0 saturated carbocycles. The van der Waals surface area contributed by atoms with E-state index in [0.717, 1.165) is 31.4 Å². The number of allylic oxidation sites excluding steroid dienone is 2. The van der Waals surface area contributed by atoms with Crippen molar-refractivity contribution in [3.05, 3.63) is 11.8 Å². The van der Waals surface area contributed by atoms with Gasteiger partial charge in [0.2, 0.25) is 0 Å². The lowest BCUT2D eigenvalue weighted by Gasteiger charge is -2.27. The predicted molar refractivity (Wildman–Crippen MR) is 67.9 cm³/mol. The number of carbonyl (C=O) groups excluding carboxylic acids is 2. The highest BCUT2D eigenvalue weighted by Gasteiger charge is 2.36. The number of ether oxygens (including phenoxy) is 2. The van der Waals surface area contributed by atoms with Gasteiger partial charge in [0.1, 0.15) is 6.61 Å². The van der Waals surface area contributed by atoms with Crippen LogP contribution in [0.15, 0.2) is 11.8 Å².